The molecular formula is C28H51N3O7. The van der Waals surface area contributed by atoms with Crippen molar-refractivity contribution in [3.8, 4) is 0 Å². The maximum absolute atomic E-state index is 12.3. The molecule has 1 aliphatic carbocycles. The number of nitrogens with two attached hydrogens (primary N) is 1. The van der Waals surface area contributed by atoms with Crippen LogP contribution in [0.1, 0.15) is 80.6 Å². The van der Waals surface area contributed by atoms with Crippen LogP contribution in [0.5, 0.6) is 0 Å². The Bertz CT molecular complexity index is 752. The highest BCUT2D eigenvalue weighted by Gasteiger charge is 2.52. The van der Waals surface area contributed by atoms with Gasteiger partial charge in [0.2, 0.25) is 5.91 Å². The molecule has 3 amide bonds. The van der Waals surface area contributed by atoms with Crippen molar-refractivity contribution in [1.29, 1.82) is 0 Å². The third-order valence-corrected chi connectivity index (χ3v) is 4.60. The molecule has 0 aliphatic heterocycles. The number of aldehydes is 1. The summed E-state index contributed by atoms with van der Waals surface area (Å²) >= 11 is 0. The van der Waals surface area contributed by atoms with Crippen LogP contribution in [-0.2, 0) is 23.9 Å². The number of aliphatic hydroxyl groups is 1. The van der Waals surface area contributed by atoms with Gasteiger partial charge in [-0.2, -0.15) is 0 Å². The van der Waals surface area contributed by atoms with Crippen molar-refractivity contribution >= 4 is 30.0 Å². The third kappa shape index (κ3) is 20.9. The highest BCUT2D eigenvalue weighted by Crippen LogP contribution is 2.42. The maximum Gasteiger partial charge on any atom is 0.321 e. The highest BCUT2D eigenvalue weighted by atomic mass is 16.5. The second kappa shape index (κ2) is 28.3. The lowest BCUT2D eigenvalue weighted by molar-refractivity contribution is -0.167. The van der Waals surface area contributed by atoms with Crippen molar-refractivity contribution in [2.45, 2.75) is 80.6 Å². The maximum atomic E-state index is 12.3. The van der Waals surface area contributed by atoms with E-state index in [0.29, 0.717) is 19.4 Å². The Morgan fingerprint density at radius 3 is 1.89 bits per heavy atom. The van der Waals surface area contributed by atoms with Gasteiger partial charge in [0, 0.05) is 20.1 Å². The number of rotatable bonds is 11. The van der Waals surface area contributed by atoms with Crippen LogP contribution < -0.4 is 16.4 Å². The van der Waals surface area contributed by atoms with Gasteiger partial charge < -0.3 is 31.0 Å². The van der Waals surface area contributed by atoms with E-state index in [0.717, 1.165) is 37.4 Å². The molecule has 5 N–H and O–H groups in total. The van der Waals surface area contributed by atoms with Gasteiger partial charge in [-0.1, -0.05) is 57.6 Å². The van der Waals surface area contributed by atoms with Crippen LogP contribution in [0.2, 0.25) is 0 Å². The minimum Gasteiger partial charge on any atom is -0.465 e. The van der Waals surface area contributed by atoms with Crippen molar-refractivity contribution < 1.29 is 33.8 Å². The molecule has 1 saturated carbocycles. The van der Waals surface area contributed by atoms with Crippen molar-refractivity contribution in [2.75, 3.05) is 26.8 Å². The van der Waals surface area contributed by atoms with Gasteiger partial charge in [0.25, 0.3) is 0 Å². The average molecular weight is 542 g/mol. The average Bonchev–Trinajstić information content (AvgIpc) is 2.86. The highest BCUT2D eigenvalue weighted by molar-refractivity contribution is 6.04. The van der Waals surface area contributed by atoms with Gasteiger partial charge in [-0.15, -0.1) is 0 Å². The number of amides is 3. The summed E-state index contributed by atoms with van der Waals surface area (Å²) in [5.41, 5.74) is 5.54. The summed E-state index contributed by atoms with van der Waals surface area (Å²) in [6.45, 7) is 17.6. The molecule has 0 atom stereocenters. The largest absolute Gasteiger partial charge is 0.465 e. The van der Waals surface area contributed by atoms with Crippen LogP contribution >= 0.6 is 0 Å². The van der Waals surface area contributed by atoms with E-state index in [2.05, 4.69) is 17.2 Å². The molecule has 0 aromatic carbocycles. The number of primary amides is 1. The first-order valence-corrected chi connectivity index (χ1v) is 12.9. The Labute approximate surface area is 229 Å². The topological polar surface area (TPSA) is 165 Å². The van der Waals surface area contributed by atoms with Crippen LogP contribution in [-0.4, -0.2) is 61.9 Å². The number of aliphatic hydroxyl groups excluding tert-OH is 1. The first-order valence-electron chi connectivity index (χ1n) is 12.9. The van der Waals surface area contributed by atoms with Crippen molar-refractivity contribution in [1.82, 2.24) is 10.6 Å². The molecule has 0 spiro atoms. The van der Waals surface area contributed by atoms with Crippen LogP contribution in [0.15, 0.2) is 36.0 Å². The zero-order valence-electron chi connectivity index (χ0n) is 24.6. The lowest BCUT2D eigenvalue weighted by Crippen LogP contribution is -2.52. The molecule has 10 heteroatoms. The Hall–Kier alpha value is -3.27. The standard InChI is InChI=1S/C19H27NO4.C4H10N2O.C2H4O.C2H6.CH4O/c1-5-15(9-8-14(3)4)12-16(21)13-20-17(22)19(10-7-11-19)18(23)24-6-2;1-2-3-6-4(5)7;1-2-3;2*1-2/h5,8-9H,1,6-7,10-13H2,2-4H3,(H,20,22);2-3H2,1H3,(H3,5,6,7);2H,1H3;1-2H3;2H,1H3/b15-9+;;;;. The molecule has 10 nitrogen and oxygen atoms in total. The summed E-state index contributed by atoms with van der Waals surface area (Å²) in [7, 11) is 1.00. The summed E-state index contributed by atoms with van der Waals surface area (Å²) in [5.74, 6) is -1.03. The number of Topliss-reactive ketones (excluding diaryl/α,β-unsaturated/α-hetero) is 1. The molecule has 0 aromatic heterocycles. The number of hydrogen-bond acceptors (Lipinski definition) is 7. The van der Waals surface area contributed by atoms with Gasteiger partial charge in [-0.3, -0.25) is 14.4 Å². The summed E-state index contributed by atoms with van der Waals surface area (Å²) in [6, 6.07) is -0.443. The fourth-order valence-electron chi connectivity index (χ4n) is 2.68. The molecule has 0 heterocycles. The van der Waals surface area contributed by atoms with E-state index in [9.17, 15) is 19.2 Å². The second-order valence-corrected chi connectivity index (χ2v) is 7.77. The lowest BCUT2D eigenvalue weighted by Gasteiger charge is -2.37. The fraction of sp³-hybridized carbons (Fsp3) is 0.607. The van der Waals surface area contributed by atoms with E-state index in [-0.39, 0.29) is 25.4 Å². The van der Waals surface area contributed by atoms with Gasteiger partial charge in [0.15, 0.2) is 5.78 Å². The van der Waals surface area contributed by atoms with Crippen molar-refractivity contribution in [3.05, 3.63) is 36.0 Å². The number of allylic oxidation sites excluding steroid dienone is 5. The molecule has 0 saturated heterocycles. The van der Waals surface area contributed by atoms with Gasteiger partial charge in [-0.25, -0.2) is 4.79 Å². The van der Waals surface area contributed by atoms with Crippen LogP contribution in [0.3, 0.4) is 0 Å². The number of ether oxygens (including phenoxy) is 1. The number of esters is 1. The molecule has 220 valence electrons. The first-order chi connectivity index (χ1) is 18.0. The van der Waals surface area contributed by atoms with Crippen LogP contribution in [0.4, 0.5) is 4.79 Å². The molecule has 1 rings (SSSR count). The van der Waals surface area contributed by atoms with Gasteiger partial charge >= 0.3 is 12.0 Å². The molecule has 0 aromatic rings. The molecular weight excluding hydrogens is 490 g/mol. The smallest absolute Gasteiger partial charge is 0.321 e. The Morgan fingerprint density at radius 1 is 1.05 bits per heavy atom. The van der Waals surface area contributed by atoms with Crippen molar-refractivity contribution in [2.24, 2.45) is 11.1 Å². The van der Waals surface area contributed by atoms with Gasteiger partial charge in [0.1, 0.15) is 11.7 Å². The predicted octanol–water partition coefficient (Wildman–Crippen LogP) is 3.78. The molecule has 1 aliphatic rings. The monoisotopic (exact) mass is 541 g/mol. The molecule has 0 unspecified atom stereocenters. The summed E-state index contributed by atoms with van der Waals surface area (Å²) in [6.07, 6.45) is 9.02. The van der Waals surface area contributed by atoms with Crippen molar-refractivity contribution in [3.63, 3.8) is 0 Å². The van der Waals surface area contributed by atoms with Crippen LogP contribution in [0, 0.1) is 5.41 Å². The number of carbonyl (C=O) groups excluding carboxylic acids is 5. The SMILES string of the molecule is C=C/C(=C\C=C(C)C)CC(=O)CNC(=O)C1(C(=O)OCC)CCC1.CC.CC=O.CCCNC(N)=O.CO. The van der Waals surface area contributed by atoms with E-state index < -0.39 is 23.3 Å². The Balaban J connectivity index is -0.000000343. The summed E-state index contributed by atoms with van der Waals surface area (Å²) in [4.78, 5) is 55.1. The number of carbonyl (C=O) groups is 5. The number of hydrogen-bond donors (Lipinski definition) is 4. The number of ketones is 1. The zero-order chi connectivity index (χ0) is 30.6. The fourth-order valence-corrected chi connectivity index (χ4v) is 2.68. The van der Waals surface area contributed by atoms with E-state index in [4.69, 9.17) is 20.4 Å². The zero-order valence-corrected chi connectivity index (χ0v) is 24.6. The summed E-state index contributed by atoms with van der Waals surface area (Å²) in [5, 5.41) is 12.0. The quantitative estimate of drug-likeness (QED) is 0.134. The minimum absolute atomic E-state index is 0.0972. The van der Waals surface area contributed by atoms with E-state index in [1.165, 1.54) is 6.92 Å². The normalized spacial score (nSPS) is 12.1. The third-order valence-electron chi connectivity index (χ3n) is 4.60. The Kier molecular flexibility index (Phi) is 31.2. The molecule has 1 fully saturated rings. The number of nitrogens with one attached hydrogen (secondary N) is 2. The van der Waals surface area contributed by atoms with Gasteiger partial charge in [-0.05, 0) is 52.5 Å². The lowest BCUT2D eigenvalue weighted by atomic mass is 9.68. The first kappa shape index (κ1) is 41.8. The predicted molar refractivity (Wildman–Crippen MR) is 152 cm³/mol. The molecule has 0 bridgehead atoms. The van der Waals surface area contributed by atoms with E-state index in [1.54, 1.807) is 13.0 Å². The minimum atomic E-state index is -1.10. The number of urea groups is 1. The van der Waals surface area contributed by atoms with E-state index >= 15 is 0 Å². The van der Waals surface area contributed by atoms with Crippen LogP contribution in [0.25, 0.3) is 0 Å². The Morgan fingerprint density at radius 2 is 1.58 bits per heavy atom. The second-order valence-electron chi connectivity index (χ2n) is 7.77. The molecule has 0 radical (unpaired) electrons. The van der Waals surface area contributed by atoms with Gasteiger partial charge in [0.05, 0.1) is 13.2 Å². The molecule has 38 heavy (non-hydrogen) atoms. The van der Waals surface area contributed by atoms with E-state index in [1.807, 2.05) is 46.8 Å². The summed E-state index contributed by atoms with van der Waals surface area (Å²) < 4.78 is 5.00.